The molecule has 1 N–H and O–H groups in total. The van der Waals surface area contributed by atoms with Crippen LogP contribution in [0.1, 0.15) is 19.8 Å². The van der Waals surface area contributed by atoms with E-state index in [9.17, 15) is 0 Å². The minimum Gasteiger partial charge on any atom is -0.369 e. The molecule has 1 aromatic heterocycles. The molecule has 1 aliphatic heterocycles. The summed E-state index contributed by atoms with van der Waals surface area (Å²) in [5, 5.41) is 3.63. The second-order valence-corrected chi connectivity index (χ2v) is 5.79. The van der Waals surface area contributed by atoms with Crippen molar-refractivity contribution in [3.8, 4) is 0 Å². The van der Waals surface area contributed by atoms with Gasteiger partial charge < -0.3 is 10.2 Å². The minimum atomic E-state index is 0.279. The van der Waals surface area contributed by atoms with Gasteiger partial charge in [-0.25, -0.2) is 4.98 Å². The smallest absolute Gasteiger partial charge is 0.224 e. The predicted octanol–water partition coefficient (Wildman–Crippen LogP) is 3.04. The van der Waals surface area contributed by atoms with Crippen molar-refractivity contribution in [2.75, 3.05) is 31.5 Å². The third-order valence-electron chi connectivity index (χ3n) is 3.43. The summed E-state index contributed by atoms with van der Waals surface area (Å²) in [6, 6.07) is 0. The fourth-order valence-electron chi connectivity index (χ4n) is 2.22. The zero-order valence-corrected chi connectivity index (χ0v) is 12.8. The summed E-state index contributed by atoms with van der Waals surface area (Å²) in [6.45, 7) is 6.73. The van der Waals surface area contributed by atoms with Crippen LogP contribution in [-0.2, 0) is 0 Å². The predicted molar refractivity (Wildman–Crippen MR) is 78.1 cm³/mol. The van der Waals surface area contributed by atoms with E-state index in [1.54, 1.807) is 6.20 Å². The standard InChI is InChI=1S/C12H18BrClN4/c1-2-18-5-3-9(4-6-18)7-15-11-10(13)8-16-12(14)17-11/h8-9H,2-7H2,1H3,(H,15,16,17). The van der Waals surface area contributed by atoms with Crippen LogP contribution in [0.4, 0.5) is 5.82 Å². The number of aromatic nitrogens is 2. The van der Waals surface area contributed by atoms with Crippen LogP contribution in [0.15, 0.2) is 10.7 Å². The summed E-state index contributed by atoms with van der Waals surface area (Å²) in [5.74, 6) is 1.50. The fourth-order valence-corrected chi connectivity index (χ4v) is 2.68. The summed E-state index contributed by atoms with van der Waals surface area (Å²) in [4.78, 5) is 10.6. The average molecular weight is 334 g/mol. The van der Waals surface area contributed by atoms with Gasteiger partial charge in [0.25, 0.3) is 0 Å². The second-order valence-electron chi connectivity index (χ2n) is 4.59. The monoisotopic (exact) mass is 332 g/mol. The first-order valence-electron chi connectivity index (χ1n) is 6.33. The number of hydrogen-bond acceptors (Lipinski definition) is 4. The zero-order valence-electron chi connectivity index (χ0n) is 10.5. The molecule has 0 aromatic carbocycles. The molecule has 0 amide bonds. The third-order valence-corrected chi connectivity index (χ3v) is 4.19. The van der Waals surface area contributed by atoms with Crippen molar-refractivity contribution in [2.24, 2.45) is 5.92 Å². The van der Waals surface area contributed by atoms with Gasteiger partial charge in [0.1, 0.15) is 5.82 Å². The van der Waals surface area contributed by atoms with Crippen LogP contribution in [0.2, 0.25) is 5.28 Å². The van der Waals surface area contributed by atoms with E-state index in [0.717, 1.165) is 23.4 Å². The van der Waals surface area contributed by atoms with Crippen molar-refractivity contribution in [3.05, 3.63) is 16.0 Å². The Morgan fingerprint density at radius 2 is 2.22 bits per heavy atom. The van der Waals surface area contributed by atoms with Crippen molar-refractivity contribution in [1.29, 1.82) is 0 Å². The maximum absolute atomic E-state index is 5.79. The van der Waals surface area contributed by atoms with Crippen LogP contribution >= 0.6 is 27.5 Å². The molecule has 0 atom stereocenters. The number of nitrogens with zero attached hydrogens (tertiary/aromatic N) is 3. The first kappa shape index (κ1) is 14.0. The van der Waals surface area contributed by atoms with Crippen molar-refractivity contribution < 1.29 is 0 Å². The Labute approximate surface area is 121 Å². The van der Waals surface area contributed by atoms with Gasteiger partial charge in [0.15, 0.2) is 0 Å². The van der Waals surface area contributed by atoms with Gasteiger partial charge in [-0.3, -0.25) is 0 Å². The average Bonchev–Trinajstić information content (AvgIpc) is 2.40. The summed E-state index contributed by atoms with van der Waals surface area (Å²) < 4.78 is 0.859. The van der Waals surface area contributed by atoms with Gasteiger partial charge in [-0.05, 0) is 65.9 Å². The fraction of sp³-hybridized carbons (Fsp3) is 0.667. The van der Waals surface area contributed by atoms with Crippen molar-refractivity contribution in [1.82, 2.24) is 14.9 Å². The Morgan fingerprint density at radius 3 is 2.89 bits per heavy atom. The van der Waals surface area contributed by atoms with Crippen molar-refractivity contribution >= 4 is 33.3 Å². The van der Waals surface area contributed by atoms with Gasteiger partial charge in [0.2, 0.25) is 5.28 Å². The van der Waals surface area contributed by atoms with E-state index in [2.05, 4.69) is 43.0 Å². The lowest BCUT2D eigenvalue weighted by Crippen LogP contribution is -2.35. The first-order valence-corrected chi connectivity index (χ1v) is 7.50. The van der Waals surface area contributed by atoms with E-state index in [0.29, 0.717) is 5.92 Å². The molecule has 0 bridgehead atoms. The molecule has 1 saturated heterocycles. The topological polar surface area (TPSA) is 41.0 Å². The highest BCUT2D eigenvalue weighted by molar-refractivity contribution is 9.10. The molecular formula is C12H18BrClN4. The molecule has 1 aliphatic rings. The van der Waals surface area contributed by atoms with Crippen molar-refractivity contribution in [2.45, 2.75) is 19.8 Å². The Hall–Kier alpha value is -0.390. The Balaban J connectivity index is 1.83. The van der Waals surface area contributed by atoms with Crippen LogP contribution in [0, 0.1) is 5.92 Å². The maximum Gasteiger partial charge on any atom is 0.224 e. The highest BCUT2D eigenvalue weighted by Gasteiger charge is 2.18. The van der Waals surface area contributed by atoms with Gasteiger partial charge in [-0.1, -0.05) is 6.92 Å². The van der Waals surface area contributed by atoms with Gasteiger partial charge in [-0.2, -0.15) is 4.98 Å². The minimum absolute atomic E-state index is 0.279. The molecule has 0 spiro atoms. The summed E-state index contributed by atoms with van der Waals surface area (Å²) >= 11 is 9.21. The number of hydrogen-bond donors (Lipinski definition) is 1. The zero-order chi connectivity index (χ0) is 13.0. The number of piperidine rings is 1. The van der Waals surface area contributed by atoms with Gasteiger partial charge >= 0.3 is 0 Å². The van der Waals surface area contributed by atoms with E-state index in [1.165, 1.54) is 25.9 Å². The molecule has 6 heteroatoms. The molecule has 2 rings (SSSR count). The summed E-state index contributed by atoms with van der Waals surface area (Å²) in [5.41, 5.74) is 0. The first-order chi connectivity index (χ1) is 8.69. The quantitative estimate of drug-likeness (QED) is 0.860. The molecule has 2 heterocycles. The van der Waals surface area contributed by atoms with Gasteiger partial charge in [0.05, 0.1) is 4.47 Å². The largest absolute Gasteiger partial charge is 0.369 e. The number of likely N-dealkylation sites (tertiary alicyclic amines) is 1. The number of rotatable bonds is 4. The van der Waals surface area contributed by atoms with E-state index in [-0.39, 0.29) is 5.28 Å². The van der Waals surface area contributed by atoms with E-state index in [1.807, 2.05) is 0 Å². The summed E-state index contributed by atoms with van der Waals surface area (Å²) in [6.07, 6.45) is 4.17. The van der Waals surface area contributed by atoms with E-state index < -0.39 is 0 Å². The normalized spacial score (nSPS) is 17.9. The van der Waals surface area contributed by atoms with Gasteiger partial charge in [0, 0.05) is 12.7 Å². The van der Waals surface area contributed by atoms with Crippen LogP contribution in [-0.4, -0.2) is 41.0 Å². The lowest BCUT2D eigenvalue weighted by atomic mass is 9.97. The highest BCUT2D eigenvalue weighted by atomic mass is 79.9. The van der Waals surface area contributed by atoms with Crippen LogP contribution in [0.3, 0.4) is 0 Å². The van der Waals surface area contributed by atoms with E-state index >= 15 is 0 Å². The van der Waals surface area contributed by atoms with E-state index in [4.69, 9.17) is 11.6 Å². The Morgan fingerprint density at radius 1 is 1.50 bits per heavy atom. The molecular weight excluding hydrogens is 316 g/mol. The molecule has 18 heavy (non-hydrogen) atoms. The molecule has 0 radical (unpaired) electrons. The molecule has 1 fully saturated rings. The number of anilines is 1. The second kappa shape index (κ2) is 6.68. The molecule has 0 unspecified atom stereocenters. The third kappa shape index (κ3) is 3.80. The maximum atomic E-state index is 5.79. The molecule has 4 nitrogen and oxygen atoms in total. The van der Waals surface area contributed by atoms with Crippen molar-refractivity contribution in [3.63, 3.8) is 0 Å². The Kier molecular flexibility index (Phi) is 5.21. The molecule has 0 aliphatic carbocycles. The summed E-state index contributed by atoms with van der Waals surface area (Å²) in [7, 11) is 0. The molecule has 0 saturated carbocycles. The molecule has 1 aromatic rings. The SMILES string of the molecule is CCN1CCC(CNc2nc(Cl)ncc2Br)CC1. The lowest BCUT2D eigenvalue weighted by Gasteiger charge is -2.31. The lowest BCUT2D eigenvalue weighted by molar-refractivity contribution is 0.198. The van der Waals surface area contributed by atoms with Crippen LogP contribution < -0.4 is 5.32 Å². The van der Waals surface area contributed by atoms with Gasteiger partial charge in [-0.15, -0.1) is 0 Å². The molecule has 100 valence electrons. The number of nitrogens with one attached hydrogen (secondary N) is 1. The van der Waals surface area contributed by atoms with Crippen LogP contribution in [0.25, 0.3) is 0 Å². The Bertz CT molecular complexity index is 394. The highest BCUT2D eigenvalue weighted by Crippen LogP contribution is 2.22. The number of halogens is 2. The van der Waals surface area contributed by atoms with Crippen LogP contribution in [0.5, 0.6) is 0 Å².